The molecule has 0 bridgehead atoms. The summed E-state index contributed by atoms with van der Waals surface area (Å²) in [6.45, 7) is 4.27. The first kappa shape index (κ1) is 8.35. The van der Waals surface area contributed by atoms with Crippen molar-refractivity contribution in [2.24, 2.45) is 0 Å². The molecule has 0 radical (unpaired) electrons. The topological polar surface area (TPSA) is 15.3 Å². The Morgan fingerprint density at radius 1 is 1.42 bits per heavy atom. The summed E-state index contributed by atoms with van der Waals surface area (Å²) >= 11 is 7.74. The highest BCUT2D eigenvalue weighted by Gasteiger charge is 2.13. The molecule has 0 aliphatic carbocycles. The summed E-state index contributed by atoms with van der Waals surface area (Å²) in [6, 6.07) is 1.96. The molecule has 4 heteroatoms. The largest absolute Gasteiger partial charge is 0.360 e. The van der Waals surface area contributed by atoms with E-state index < -0.39 is 0 Å². The molecule has 1 saturated heterocycles. The fraction of sp³-hybridized carbons (Fsp3) is 0.500. The Bertz CT molecular complexity index is 255. The van der Waals surface area contributed by atoms with Crippen LogP contribution in [-0.4, -0.2) is 26.2 Å². The molecule has 1 aromatic heterocycles. The van der Waals surface area contributed by atoms with E-state index in [0.29, 0.717) is 0 Å². The zero-order valence-electron chi connectivity index (χ0n) is 6.72. The number of anilines is 1. The molecule has 1 fully saturated rings. The number of halogens is 1. The molecule has 1 aliphatic rings. The number of nitrogens with zero attached hydrogens (tertiary/aromatic N) is 1. The molecule has 2 rings (SSSR count). The lowest BCUT2D eigenvalue weighted by Gasteiger charge is -2.28. The van der Waals surface area contributed by atoms with Gasteiger partial charge in [-0.05, 0) is 11.4 Å². The van der Waals surface area contributed by atoms with Crippen molar-refractivity contribution in [3.8, 4) is 0 Å². The summed E-state index contributed by atoms with van der Waals surface area (Å²) < 4.78 is 0. The van der Waals surface area contributed by atoms with Crippen LogP contribution in [0.25, 0.3) is 0 Å². The normalized spacial score (nSPS) is 18.2. The predicted octanol–water partition coefficient (Wildman–Crippen LogP) is 1.81. The SMILES string of the molecule is Clc1ccsc1N1CCNCC1. The maximum atomic E-state index is 6.02. The second-order valence-corrected chi connectivity index (χ2v) is 4.11. The third-order valence-electron chi connectivity index (χ3n) is 2.00. The molecular weight excluding hydrogens is 192 g/mol. The molecule has 0 saturated carbocycles. The van der Waals surface area contributed by atoms with E-state index in [2.05, 4.69) is 10.2 Å². The molecule has 0 amide bonds. The van der Waals surface area contributed by atoms with Crippen molar-refractivity contribution < 1.29 is 0 Å². The fourth-order valence-corrected chi connectivity index (χ4v) is 2.62. The van der Waals surface area contributed by atoms with Gasteiger partial charge in [0.15, 0.2) is 0 Å². The van der Waals surface area contributed by atoms with Crippen LogP contribution in [0.15, 0.2) is 11.4 Å². The summed E-state index contributed by atoms with van der Waals surface area (Å²) in [7, 11) is 0. The number of thiophene rings is 1. The molecule has 66 valence electrons. The Balaban J connectivity index is 2.13. The Morgan fingerprint density at radius 2 is 2.17 bits per heavy atom. The van der Waals surface area contributed by atoms with Crippen LogP contribution >= 0.6 is 22.9 Å². The van der Waals surface area contributed by atoms with Gasteiger partial charge in [0.25, 0.3) is 0 Å². The van der Waals surface area contributed by atoms with Gasteiger partial charge in [-0.25, -0.2) is 0 Å². The summed E-state index contributed by atoms with van der Waals surface area (Å²) in [4.78, 5) is 2.34. The van der Waals surface area contributed by atoms with Gasteiger partial charge in [0.2, 0.25) is 0 Å². The first-order valence-corrected chi connectivity index (χ1v) is 5.32. The molecule has 2 heterocycles. The number of nitrogens with one attached hydrogen (secondary N) is 1. The summed E-state index contributed by atoms with van der Waals surface area (Å²) in [5.41, 5.74) is 0. The van der Waals surface area contributed by atoms with E-state index in [9.17, 15) is 0 Å². The lowest BCUT2D eigenvalue weighted by Crippen LogP contribution is -2.43. The Morgan fingerprint density at radius 3 is 2.75 bits per heavy atom. The molecule has 12 heavy (non-hydrogen) atoms. The van der Waals surface area contributed by atoms with Crippen LogP contribution in [0, 0.1) is 0 Å². The van der Waals surface area contributed by atoms with Crippen LogP contribution in [0.1, 0.15) is 0 Å². The molecule has 0 spiro atoms. The van der Waals surface area contributed by atoms with E-state index >= 15 is 0 Å². The lowest BCUT2D eigenvalue weighted by molar-refractivity contribution is 0.592. The van der Waals surface area contributed by atoms with Gasteiger partial charge in [-0.15, -0.1) is 11.3 Å². The number of rotatable bonds is 1. The molecule has 0 aromatic carbocycles. The fourth-order valence-electron chi connectivity index (χ4n) is 1.38. The minimum atomic E-state index is 0.891. The summed E-state index contributed by atoms with van der Waals surface area (Å²) in [6.07, 6.45) is 0. The maximum Gasteiger partial charge on any atom is 0.110 e. The van der Waals surface area contributed by atoms with Crippen molar-refractivity contribution in [2.75, 3.05) is 31.1 Å². The van der Waals surface area contributed by atoms with Crippen molar-refractivity contribution >= 4 is 27.9 Å². The number of hydrogen-bond acceptors (Lipinski definition) is 3. The minimum Gasteiger partial charge on any atom is -0.360 e. The molecule has 2 nitrogen and oxygen atoms in total. The highest BCUT2D eigenvalue weighted by atomic mass is 35.5. The van der Waals surface area contributed by atoms with E-state index in [0.717, 1.165) is 31.2 Å². The van der Waals surface area contributed by atoms with Gasteiger partial charge in [0.05, 0.1) is 5.02 Å². The smallest absolute Gasteiger partial charge is 0.110 e. The zero-order valence-corrected chi connectivity index (χ0v) is 8.29. The van der Waals surface area contributed by atoms with Gasteiger partial charge in [-0.3, -0.25) is 0 Å². The number of piperazine rings is 1. The van der Waals surface area contributed by atoms with E-state index in [-0.39, 0.29) is 0 Å². The number of hydrogen-bond donors (Lipinski definition) is 1. The van der Waals surface area contributed by atoms with E-state index in [1.54, 1.807) is 11.3 Å². The van der Waals surface area contributed by atoms with Gasteiger partial charge < -0.3 is 10.2 Å². The van der Waals surface area contributed by atoms with E-state index in [4.69, 9.17) is 11.6 Å². The molecule has 0 unspecified atom stereocenters. The first-order valence-electron chi connectivity index (χ1n) is 4.06. The van der Waals surface area contributed by atoms with Crippen molar-refractivity contribution in [3.05, 3.63) is 16.5 Å². The van der Waals surface area contributed by atoms with Gasteiger partial charge in [0.1, 0.15) is 5.00 Å². The van der Waals surface area contributed by atoms with Gasteiger partial charge >= 0.3 is 0 Å². The quantitative estimate of drug-likeness (QED) is 0.748. The maximum absolute atomic E-state index is 6.02. The lowest BCUT2D eigenvalue weighted by atomic mass is 10.4. The van der Waals surface area contributed by atoms with Crippen LogP contribution in [-0.2, 0) is 0 Å². The third kappa shape index (κ3) is 1.58. The van der Waals surface area contributed by atoms with Crippen LogP contribution in [0.5, 0.6) is 0 Å². The monoisotopic (exact) mass is 202 g/mol. The summed E-state index contributed by atoms with van der Waals surface area (Å²) in [5.74, 6) is 0. The van der Waals surface area contributed by atoms with Crippen LogP contribution in [0.2, 0.25) is 5.02 Å². The molecule has 1 aliphatic heterocycles. The van der Waals surface area contributed by atoms with Crippen LogP contribution in [0.3, 0.4) is 0 Å². The average molecular weight is 203 g/mol. The van der Waals surface area contributed by atoms with Crippen molar-refractivity contribution in [1.82, 2.24) is 5.32 Å². The standard InChI is InChI=1S/C8H11ClN2S/c9-7-1-6-12-8(7)11-4-2-10-3-5-11/h1,6,10H,2-5H2. The van der Waals surface area contributed by atoms with Crippen molar-refractivity contribution in [1.29, 1.82) is 0 Å². The van der Waals surface area contributed by atoms with Gasteiger partial charge in [-0.2, -0.15) is 0 Å². The molecule has 1 N–H and O–H groups in total. The highest BCUT2D eigenvalue weighted by molar-refractivity contribution is 7.15. The van der Waals surface area contributed by atoms with Crippen LogP contribution in [0.4, 0.5) is 5.00 Å². The second kappa shape index (κ2) is 3.64. The van der Waals surface area contributed by atoms with Crippen molar-refractivity contribution in [3.63, 3.8) is 0 Å². The Kier molecular flexibility index (Phi) is 2.54. The third-order valence-corrected chi connectivity index (χ3v) is 3.39. The first-order chi connectivity index (χ1) is 5.88. The van der Waals surface area contributed by atoms with Gasteiger partial charge in [0, 0.05) is 26.2 Å². The summed E-state index contributed by atoms with van der Waals surface area (Å²) in [5, 5.41) is 7.47. The highest BCUT2D eigenvalue weighted by Crippen LogP contribution is 2.31. The van der Waals surface area contributed by atoms with Crippen molar-refractivity contribution in [2.45, 2.75) is 0 Å². The second-order valence-electron chi connectivity index (χ2n) is 2.81. The predicted molar refractivity (Wildman–Crippen MR) is 54.4 cm³/mol. The minimum absolute atomic E-state index is 0.891. The molecule has 0 atom stereocenters. The van der Waals surface area contributed by atoms with E-state index in [1.807, 2.05) is 11.4 Å². The Hall–Kier alpha value is -0.250. The van der Waals surface area contributed by atoms with Gasteiger partial charge in [-0.1, -0.05) is 11.6 Å². The Labute approximate surface area is 81.1 Å². The van der Waals surface area contributed by atoms with E-state index in [1.165, 1.54) is 5.00 Å². The molecule has 1 aromatic rings. The van der Waals surface area contributed by atoms with Crippen LogP contribution < -0.4 is 10.2 Å². The zero-order chi connectivity index (χ0) is 8.39. The molecular formula is C8H11ClN2S. The average Bonchev–Trinajstić information content (AvgIpc) is 2.53.